The number of amides is 13. The van der Waals surface area contributed by atoms with Gasteiger partial charge in [-0.15, -0.1) is 0 Å². The number of carbonyl (C=O) groups excluding carboxylic acids is 14. The second-order valence-corrected chi connectivity index (χ2v) is 27.8. The van der Waals surface area contributed by atoms with Crippen molar-refractivity contribution in [1.82, 2.24) is 68.7 Å². The van der Waals surface area contributed by atoms with Crippen LogP contribution < -0.4 is 104 Å². The Morgan fingerprint density at radius 3 is 1.31 bits per heavy atom. The van der Waals surface area contributed by atoms with Gasteiger partial charge in [-0.2, -0.15) is 25.3 Å². The SMILES string of the molecule is CC[C@H](C)[C@H](NC(=O)[C@H](CCCN=C(N)N)NC(=O)[C@H](CC(=O)O)NC(=O)[C@@H](NC(=O)[C@H](CCCN=C(N)N)NC(=O)[C@@H]1CCCN1C(=O)CNC(=O)[C@H](Cc1ccccc1)NC(=O)[C@H](CS)NC(=O)[C@H](CO)NC(=O)[C@@H](N)CO)[C@@H](C)CC)C(=O)N[C@@H](CS)C(=O)N[C@@H](Cc1ccccc1)C(=O)N[C@H](C=O)CCCN=C(N)N. The number of hydrogen-bond donors (Lipinski definition) is 24. The number of hydrogen-bond acceptors (Lipinski definition) is 23. The molecule has 0 spiro atoms. The number of benzene rings is 2. The maximum atomic E-state index is 14.6. The number of thiol groups is 2. The van der Waals surface area contributed by atoms with Crippen molar-refractivity contribution in [2.45, 2.75) is 190 Å². The molecule has 29 N–H and O–H groups in total. The number of aliphatic hydroxyl groups excluding tert-OH is 2. The molecule has 1 heterocycles. The van der Waals surface area contributed by atoms with E-state index in [0.29, 0.717) is 23.8 Å². The van der Waals surface area contributed by atoms with Crippen LogP contribution in [0.5, 0.6) is 0 Å². The van der Waals surface area contributed by atoms with Crippen LogP contribution in [0.1, 0.15) is 109 Å². The molecule has 1 aliphatic heterocycles. The Kier molecular flexibility index (Phi) is 44.1. The molecule has 1 fully saturated rings. The molecule has 2 aromatic carbocycles. The predicted octanol–water partition coefficient (Wildman–Crippen LogP) is -7.99. The van der Waals surface area contributed by atoms with Crippen LogP contribution in [0.3, 0.4) is 0 Å². The molecule has 632 valence electrons. The largest absolute Gasteiger partial charge is 0.481 e. The highest BCUT2D eigenvalue weighted by atomic mass is 32.1. The van der Waals surface area contributed by atoms with E-state index in [4.69, 9.17) is 40.1 Å². The quantitative estimate of drug-likeness (QED) is 0.00962. The van der Waals surface area contributed by atoms with Gasteiger partial charge in [-0.1, -0.05) is 101 Å². The van der Waals surface area contributed by atoms with Gasteiger partial charge in [0.25, 0.3) is 0 Å². The smallest absolute Gasteiger partial charge is 0.305 e. The molecular weight excluding hydrogens is 1530 g/mol. The average Bonchev–Trinajstić information content (AvgIpc) is 1.37. The fourth-order valence-corrected chi connectivity index (χ4v) is 12.0. The van der Waals surface area contributed by atoms with E-state index in [1.165, 1.54) is 4.90 Å². The minimum absolute atomic E-state index is 0.00312. The molecule has 0 aliphatic carbocycles. The van der Waals surface area contributed by atoms with Gasteiger partial charge in [0.1, 0.15) is 78.8 Å². The van der Waals surface area contributed by atoms with Crippen molar-refractivity contribution in [3.05, 3.63) is 71.8 Å². The van der Waals surface area contributed by atoms with E-state index >= 15 is 0 Å². The first-order chi connectivity index (χ1) is 54.1. The van der Waals surface area contributed by atoms with Crippen LogP contribution in [0.2, 0.25) is 0 Å². The highest BCUT2D eigenvalue weighted by Gasteiger charge is 2.41. The van der Waals surface area contributed by atoms with E-state index < -0.39 is 199 Å². The van der Waals surface area contributed by atoms with Crippen molar-refractivity contribution in [3.63, 3.8) is 0 Å². The van der Waals surface area contributed by atoms with E-state index in [0.717, 1.165) is 0 Å². The summed E-state index contributed by atoms with van der Waals surface area (Å²) in [5.41, 5.74) is 39.8. The Morgan fingerprint density at radius 1 is 0.491 bits per heavy atom. The molecule has 0 radical (unpaired) electrons. The minimum Gasteiger partial charge on any atom is -0.481 e. The number of rotatable bonds is 52. The van der Waals surface area contributed by atoms with Gasteiger partial charge < -0.3 is 129 Å². The first-order valence-electron chi connectivity index (χ1n) is 37.2. The lowest BCUT2D eigenvalue weighted by molar-refractivity contribution is -0.142. The monoisotopic (exact) mass is 1640 g/mol. The summed E-state index contributed by atoms with van der Waals surface area (Å²) < 4.78 is 0. The number of carboxylic acid groups (broad SMARTS) is 1. The number of aliphatic imine (C=N–C) groups is 3. The van der Waals surface area contributed by atoms with Gasteiger partial charge in [0, 0.05) is 50.5 Å². The van der Waals surface area contributed by atoms with Crippen LogP contribution in [-0.2, 0) is 84.8 Å². The first kappa shape index (κ1) is 97.3. The molecule has 13 amide bonds. The fraction of sp³-hybridized carbons (Fsp3) is 0.577. The highest BCUT2D eigenvalue weighted by Crippen LogP contribution is 2.20. The van der Waals surface area contributed by atoms with Gasteiger partial charge in [0.15, 0.2) is 17.9 Å². The molecule has 15 atom stereocenters. The van der Waals surface area contributed by atoms with Gasteiger partial charge >= 0.3 is 5.97 Å². The van der Waals surface area contributed by atoms with E-state index in [9.17, 15) is 87.2 Å². The Balaban J connectivity index is 1.90. The highest BCUT2D eigenvalue weighted by molar-refractivity contribution is 7.80. The number of likely N-dealkylation sites (tertiary alicyclic amines) is 1. The molecule has 0 bridgehead atoms. The second-order valence-electron chi connectivity index (χ2n) is 27.1. The summed E-state index contributed by atoms with van der Waals surface area (Å²) in [7, 11) is 0. The van der Waals surface area contributed by atoms with E-state index in [2.05, 4.69) is 104 Å². The lowest BCUT2D eigenvalue weighted by Gasteiger charge is -2.30. The number of nitrogens with zero attached hydrogens (tertiary/aromatic N) is 4. The summed E-state index contributed by atoms with van der Waals surface area (Å²) >= 11 is 8.50. The number of nitrogens with two attached hydrogens (primary N) is 7. The molecule has 1 saturated heterocycles. The maximum absolute atomic E-state index is 14.6. The molecule has 0 aromatic heterocycles. The molecule has 43 heteroatoms. The number of carboxylic acids is 1. The van der Waals surface area contributed by atoms with Gasteiger partial charge in [0.05, 0.1) is 32.2 Å². The molecule has 0 saturated carbocycles. The van der Waals surface area contributed by atoms with Crippen LogP contribution in [0.15, 0.2) is 75.6 Å². The number of carbonyl (C=O) groups is 15. The maximum Gasteiger partial charge on any atom is 0.305 e. The Morgan fingerprint density at radius 2 is 0.877 bits per heavy atom. The van der Waals surface area contributed by atoms with Crippen LogP contribution >= 0.6 is 25.3 Å². The third kappa shape index (κ3) is 34.6. The number of guanidine groups is 3. The normalized spacial score (nSPS) is 16.0. The van der Waals surface area contributed by atoms with Crippen LogP contribution in [0, 0.1) is 11.8 Å². The zero-order chi connectivity index (χ0) is 85.1. The second kappa shape index (κ2) is 51.7. The minimum atomic E-state index is -1.97. The average molecular weight is 1640 g/mol. The molecule has 41 nitrogen and oxygen atoms in total. The van der Waals surface area contributed by atoms with Crippen LogP contribution in [0.25, 0.3) is 0 Å². The van der Waals surface area contributed by atoms with Crippen LogP contribution in [-0.4, -0.2) is 263 Å². The first-order valence-corrected chi connectivity index (χ1v) is 38.4. The van der Waals surface area contributed by atoms with Gasteiger partial charge in [0.2, 0.25) is 76.8 Å². The van der Waals surface area contributed by atoms with Gasteiger partial charge in [-0.05, 0) is 74.3 Å². The lowest BCUT2D eigenvalue weighted by atomic mass is 9.96. The fourth-order valence-electron chi connectivity index (χ4n) is 11.5. The summed E-state index contributed by atoms with van der Waals surface area (Å²) in [6, 6.07) is -2.01. The molecule has 2 aromatic rings. The standard InChI is InChI=1S/C71H113N23O18S2/c1-5-38(3)55(92-60(104)45(23-15-27-81-71(77)78)85-66(110)52-24-16-28-94(52)53(98)32-82-58(102)46(29-40-17-9-7-10-18-40)86-64(108)50(36-113)90-63(107)49(35-97)89-57(101)43(72)34-96)67(111)88-48(31-54(99)100)62(106)84-44(22-14-26-80-70(75)76)59(103)93-56(39(4)6-2)68(112)91-51(37-114)65(109)87-47(30-41-19-11-8-12-20-41)61(105)83-42(33-95)21-13-25-79-69(73)74/h7-12,17-20,33,38-39,42-52,55-56,96-97,113-114H,5-6,13-16,21-32,34-37,72H2,1-4H3,(H,82,102)(H,83,105)(H,84,106)(H,85,110)(H,86,108)(H,87,109)(H,88,111)(H,89,101)(H,90,107)(H,91,112)(H,92,104)(H,93,103)(H,99,100)(H4,73,74,79)(H4,75,76,80)(H4,77,78,81)/t38-,39-,42-,43-,44-,45-,46-,47-,48-,49-,50-,51-,52-,55-,56-/m0/s1. The predicted molar refractivity (Wildman–Crippen MR) is 426 cm³/mol. The molecular formula is C71H113N23O18S2. The van der Waals surface area contributed by atoms with Crippen molar-refractivity contribution < 1.29 is 87.2 Å². The van der Waals surface area contributed by atoms with E-state index in [1.54, 1.807) is 88.4 Å². The van der Waals surface area contributed by atoms with Gasteiger partial charge in [-0.25, -0.2) is 0 Å². The number of aliphatic carboxylic acids is 1. The summed E-state index contributed by atoms with van der Waals surface area (Å²) in [4.78, 5) is 220. The number of aldehydes is 1. The third-order valence-electron chi connectivity index (χ3n) is 18.3. The zero-order valence-electron chi connectivity index (χ0n) is 64.3. The number of aliphatic hydroxyl groups is 2. The van der Waals surface area contributed by atoms with E-state index in [1.807, 2.05) is 0 Å². The molecule has 0 unspecified atom stereocenters. The Labute approximate surface area is 671 Å². The van der Waals surface area contributed by atoms with Crippen molar-refractivity contribution in [2.24, 2.45) is 66.9 Å². The summed E-state index contributed by atoms with van der Waals surface area (Å²) in [5, 5.41) is 59.5. The van der Waals surface area contributed by atoms with Crippen LogP contribution in [0.4, 0.5) is 0 Å². The van der Waals surface area contributed by atoms with Gasteiger partial charge in [-0.3, -0.25) is 82.1 Å². The summed E-state index contributed by atoms with van der Waals surface area (Å²) in [5.74, 6) is -16.7. The zero-order valence-corrected chi connectivity index (χ0v) is 66.0. The van der Waals surface area contributed by atoms with Crippen molar-refractivity contribution >= 4 is 132 Å². The third-order valence-corrected chi connectivity index (χ3v) is 19.0. The molecule has 3 rings (SSSR count). The number of nitrogens with one attached hydrogen (secondary N) is 12. The molecule has 114 heavy (non-hydrogen) atoms. The topological polar surface area (TPSA) is 684 Å². The van der Waals surface area contributed by atoms with Crippen molar-refractivity contribution in [2.75, 3.05) is 57.4 Å². The molecule has 1 aliphatic rings. The van der Waals surface area contributed by atoms with E-state index in [-0.39, 0.29) is 126 Å². The summed E-state index contributed by atoms with van der Waals surface area (Å²) in [6.45, 7) is 4.13. The summed E-state index contributed by atoms with van der Waals surface area (Å²) in [6.07, 6.45) is 0.0696. The van der Waals surface area contributed by atoms with Crippen molar-refractivity contribution in [1.29, 1.82) is 0 Å². The lowest BCUT2D eigenvalue weighted by Crippen LogP contribution is -2.62. The van der Waals surface area contributed by atoms with Crippen molar-refractivity contribution in [3.8, 4) is 0 Å². The Hall–Kier alpha value is -10.9. The Bertz CT molecular complexity index is 3630.